The van der Waals surface area contributed by atoms with Crippen LogP contribution in [0.3, 0.4) is 0 Å². The normalized spacial score (nSPS) is 14.5. The van der Waals surface area contributed by atoms with E-state index in [0.29, 0.717) is 11.7 Å². The zero-order chi connectivity index (χ0) is 22.4. The summed E-state index contributed by atoms with van der Waals surface area (Å²) in [6.07, 6.45) is 0.501. The lowest BCUT2D eigenvalue weighted by Crippen LogP contribution is -2.31. The summed E-state index contributed by atoms with van der Waals surface area (Å²) in [7, 11) is -10.1. The first kappa shape index (κ1) is 24.6. The maximum absolute atomic E-state index is 11.8. The Balaban J connectivity index is 2.34. The third kappa shape index (κ3) is 7.85. The molecule has 3 N–H and O–H groups in total. The highest BCUT2D eigenvalue weighted by atomic mass is 32.2. The summed E-state index contributed by atoms with van der Waals surface area (Å²) >= 11 is 0. The summed E-state index contributed by atoms with van der Waals surface area (Å²) < 4.78 is 50.6. The van der Waals surface area contributed by atoms with Gasteiger partial charge in [-0.25, -0.2) is 0 Å². The van der Waals surface area contributed by atoms with Gasteiger partial charge in [-0.1, -0.05) is 62.4 Å². The second kappa shape index (κ2) is 10.6. The Bertz CT molecular complexity index is 954. The maximum atomic E-state index is 11.8. The van der Waals surface area contributed by atoms with Crippen molar-refractivity contribution in [3.8, 4) is 5.75 Å². The van der Waals surface area contributed by atoms with Crippen LogP contribution in [0.1, 0.15) is 37.8 Å². The number of rotatable bonds is 11. The molecule has 2 unspecified atom stereocenters. The summed E-state index contributed by atoms with van der Waals surface area (Å²) in [6, 6.07) is 16.4. The lowest BCUT2D eigenvalue weighted by atomic mass is 10.0. The van der Waals surface area contributed by atoms with Crippen LogP contribution in [-0.2, 0) is 27.5 Å². The summed E-state index contributed by atoms with van der Waals surface area (Å²) in [4.78, 5) is 16.8. The molecule has 0 aliphatic heterocycles. The fourth-order valence-electron chi connectivity index (χ4n) is 3.16. The topological polar surface area (TPSA) is 121 Å². The number of hydrogen-bond donors (Lipinski definition) is 3. The molecule has 0 saturated heterocycles. The first-order valence-corrected chi connectivity index (χ1v) is 12.9. The van der Waals surface area contributed by atoms with Crippen LogP contribution >= 0.6 is 7.60 Å². The second-order valence-corrected chi connectivity index (χ2v) is 11.5. The van der Waals surface area contributed by atoms with Crippen molar-refractivity contribution in [2.45, 2.75) is 50.6 Å². The number of para-hydroxylation sites is 1. The molecule has 0 amide bonds. The van der Waals surface area contributed by atoms with Crippen LogP contribution in [0.5, 0.6) is 5.75 Å². The molecule has 0 spiro atoms. The highest BCUT2D eigenvalue weighted by Gasteiger charge is 2.42. The summed E-state index contributed by atoms with van der Waals surface area (Å²) in [5, 5.41) is 0. The van der Waals surface area contributed by atoms with Gasteiger partial charge in [0, 0.05) is 12.8 Å². The lowest BCUT2D eigenvalue weighted by Gasteiger charge is -2.25. The van der Waals surface area contributed by atoms with Crippen LogP contribution in [0.15, 0.2) is 54.6 Å². The molecular formula is C21H29O7PS. The van der Waals surface area contributed by atoms with Crippen molar-refractivity contribution in [1.82, 2.24) is 0 Å². The minimum Gasteiger partial charge on any atom is -0.490 e. The first-order valence-electron chi connectivity index (χ1n) is 9.77. The summed E-state index contributed by atoms with van der Waals surface area (Å²) in [5.41, 5.74) is 1.76. The number of aryl methyl sites for hydroxylation is 1. The van der Waals surface area contributed by atoms with Gasteiger partial charge in [-0.2, -0.15) is 8.42 Å². The Labute approximate surface area is 178 Å². The van der Waals surface area contributed by atoms with E-state index in [1.54, 1.807) is 12.1 Å². The lowest BCUT2D eigenvalue weighted by molar-refractivity contribution is 0.188. The predicted octanol–water partition coefficient (Wildman–Crippen LogP) is 4.05. The van der Waals surface area contributed by atoms with E-state index in [2.05, 4.69) is 13.8 Å². The van der Waals surface area contributed by atoms with Crippen LogP contribution in [0.25, 0.3) is 0 Å². The van der Waals surface area contributed by atoms with Crippen LogP contribution < -0.4 is 4.74 Å². The van der Waals surface area contributed by atoms with E-state index in [9.17, 15) is 27.3 Å². The molecule has 0 bridgehead atoms. The average Bonchev–Trinajstić information content (AvgIpc) is 2.64. The molecule has 166 valence electrons. The van der Waals surface area contributed by atoms with Gasteiger partial charge in [-0.15, -0.1) is 0 Å². The van der Waals surface area contributed by atoms with E-state index in [1.165, 1.54) is 0 Å². The van der Waals surface area contributed by atoms with Crippen molar-refractivity contribution in [2.24, 2.45) is 5.92 Å². The fraction of sp³-hybridized carbons (Fsp3) is 0.429. The molecule has 0 heterocycles. The second-order valence-electron chi connectivity index (χ2n) is 7.76. The van der Waals surface area contributed by atoms with Crippen molar-refractivity contribution in [3.63, 3.8) is 0 Å². The van der Waals surface area contributed by atoms with Crippen molar-refractivity contribution in [2.75, 3.05) is 0 Å². The van der Waals surface area contributed by atoms with E-state index in [1.807, 2.05) is 42.5 Å². The Kier molecular flexibility index (Phi) is 8.64. The van der Waals surface area contributed by atoms with Gasteiger partial charge in [0.15, 0.2) is 4.99 Å². The molecule has 2 rings (SSSR count). The number of benzene rings is 2. The monoisotopic (exact) mass is 456 g/mol. The van der Waals surface area contributed by atoms with Gasteiger partial charge < -0.3 is 14.5 Å². The van der Waals surface area contributed by atoms with Crippen molar-refractivity contribution < 1.29 is 32.1 Å². The number of ether oxygens (including phenoxy) is 1. The first-order chi connectivity index (χ1) is 14.0. The van der Waals surface area contributed by atoms with Crippen molar-refractivity contribution >= 4 is 17.7 Å². The molecule has 0 aromatic heterocycles. The Morgan fingerprint density at radius 1 is 1.00 bits per heavy atom. The Hall–Kier alpha value is -1.70. The van der Waals surface area contributed by atoms with Gasteiger partial charge in [0.05, 0.1) is 0 Å². The van der Waals surface area contributed by atoms with Gasteiger partial charge >= 0.3 is 7.60 Å². The molecule has 0 saturated carbocycles. The highest BCUT2D eigenvalue weighted by Crippen LogP contribution is 2.46. The molecule has 0 aliphatic carbocycles. The minimum absolute atomic E-state index is 0.228. The minimum atomic E-state index is -5.12. The predicted molar refractivity (Wildman–Crippen MR) is 116 cm³/mol. The van der Waals surface area contributed by atoms with Gasteiger partial charge in [0.2, 0.25) is 0 Å². The molecule has 9 heteroatoms. The van der Waals surface area contributed by atoms with Crippen LogP contribution in [-0.4, -0.2) is 33.9 Å². The molecule has 2 atom stereocenters. The average molecular weight is 456 g/mol. The maximum Gasteiger partial charge on any atom is 0.346 e. The third-order valence-electron chi connectivity index (χ3n) is 4.75. The van der Waals surface area contributed by atoms with Gasteiger partial charge in [-0.3, -0.25) is 9.12 Å². The molecule has 2 aromatic carbocycles. The zero-order valence-corrected chi connectivity index (χ0v) is 18.8. The molecule has 0 aliphatic rings. The van der Waals surface area contributed by atoms with E-state index >= 15 is 0 Å². The number of hydrogen-bond acceptors (Lipinski definition) is 4. The smallest absolute Gasteiger partial charge is 0.346 e. The van der Waals surface area contributed by atoms with Crippen molar-refractivity contribution in [1.29, 1.82) is 0 Å². The highest BCUT2D eigenvalue weighted by molar-refractivity contribution is 7.93. The van der Waals surface area contributed by atoms with Gasteiger partial charge in [0.25, 0.3) is 10.1 Å². The van der Waals surface area contributed by atoms with Crippen LogP contribution in [0.2, 0.25) is 0 Å². The summed E-state index contributed by atoms with van der Waals surface area (Å²) in [6.45, 7) is 4.22. The zero-order valence-electron chi connectivity index (χ0n) is 17.1. The van der Waals surface area contributed by atoms with Gasteiger partial charge in [-0.05, 0) is 36.0 Å². The Morgan fingerprint density at radius 3 is 2.17 bits per heavy atom. The molecule has 0 fully saturated rings. The molecule has 7 nitrogen and oxygen atoms in total. The summed E-state index contributed by atoms with van der Waals surface area (Å²) in [5.74, 6) is 1.02. The van der Waals surface area contributed by atoms with E-state index in [-0.39, 0.29) is 6.42 Å². The van der Waals surface area contributed by atoms with Gasteiger partial charge in [0.1, 0.15) is 11.9 Å². The fourth-order valence-corrected chi connectivity index (χ4v) is 5.51. The molecule has 30 heavy (non-hydrogen) atoms. The van der Waals surface area contributed by atoms with Crippen molar-refractivity contribution in [3.05, 3.63) is 65.7 Å². The molecule has 0 radical (unpaired) electrons. The quantitative estimate of drug-likeness (QED) is 0.345. The molecular weight excluding hydrogens is 427 g/mol. The Morgan fingerprint density at radius 2 is 1.60 bits per heavy atom. The standard InChI is InChI=1S/C21H29O7PS/c1-16(2)12-13-18-10-6-7-11-20(18)28-19(14-17-8-4-3-5-9-17)15-21(29(22,23)24)30(25,26)27/h3-11,16,19,21H,12-15H2,1-2H3,(H2,22,23,24)(H,25,26,27). The van der Waals surface area contributed by atoms with Crippen LogP contribution in [0, 0.1) is 5.92 Å². The SMILES string of the molecule is CC(C)CCc1ccccc1OC(Cc1ccccc1)CC(P(=O)(O)O)S(=O)(=O)O. The van der Waals surface area contributed by atoms with E-state index < -0.39 is 35.2 Å². The largest absolute Gasteiger partial charge is 0.490 e. The van der Waals surface area contributed by atoms with E-state index in [0.717, 1.165) is 24.0 Å². The molecule has 2 aromatic rings. The third-order valence-corrected chi connectivity index (χ3v) is 8.21. The van der Waals surface area contributed by atoms with E-state index in [4.69, 9.17) is 4.74 Å². The van der Waals surface area contributed by atoms with Crippen LogP contribution in [0.4, 0.5) is 0 Å².